The van der Waals surface area contributed by atoms with Crippen molar-refractivity contribution in [2.24, 2.45) is 0 Å². The molecule has 0 aliphatic carbocycles. The maximum absolute atomic E-state index is 12.6. The van der Waals surface area contributed by atoms with Crippen molar-refractivity contribution in [3.63, 3.8) is 0 Å². The number of piperazine rings is 1. The molecule has 126 valence electrons. The third kappa shape index (κ3) is 3.27. The fourth-order valence-corrected chi connectivity index (χ4v) is 2.65. The van der Waals surface area contributed by atoms with E-state index in [0.717, 1.165) is 5.69 Å². The Balaban J connectivity index is 1.69. The molecule has 0 saturated carbocycles. The second-order valence-electron chi connectivity index (χ2n) is 5.65. The van der Waals surface area contributed by atoms with Crippen LogP contribution in [0.5, 0.6) is 5.88 Å². The maximum atomic E-state index is 12.6. The summed E-state index contributed by atoms with van der Waals surface area (Å²) in [6.07, 6.45) is 3.03. The zero-order valence-electron chi connectivity index (χ0n) is 14.1. The lowest BCUT2D eigenvalue weighted by Gasteiger charge is -2.35. The van der Waals surface area contributed by atoms with Gasteiger partial charge in [-0.3, -0.25) is 4.79 Å². The Morgan fingerprint density at radius 1 is 1.17 bits per heavy atom. The van der Waals surface area contributed by atoms with Crippen molar-refractivity contribution in [1.82, 2.24) is 24.8 Å². The third-order valence-corrected chi connectivity index (χ3v) is 4.02. The van der Waals surface area contributed by atoms with Gasteiger partial charge in [-0.15, -0.1) is 0 Å². The number of carbonyl (C=O) groups is 1. The van der Waals surface area contributed by atoms with Crippen molar-refractivity contribution >= 4 is 11.9 Å². The fourth-order valence-electron chi connectivity index (χ4n) is 2.65. The minimum absolute atomic E-state index is 0.0320. The highest BCUT2D eigenvalue weighted by atomic mass is 16.5. The molecule has 1 aliphatic rings. The summed E-state index contributed by atoms with van der Waals surface area (Å²) in [4.78, 5) is 33.4. The van der Waals surface area contributed by atoms with Crippen LogP contribution in [0.1, 0.15) is 21.7 Å². The molecule has 1 fully saturated rings. The van der Waals surface area contributed by atoms with Crippen molar-refractivity contribution in [2.75, 3.05) is 38.2 Å². The van der Waals surface area contributed by atoms with E-state index < -0.39 is 0 Å². The lowest BCUT2D eigenvalue weighted by molar-refractivity contribution is 0.0744. The normalized spacial score (nSPS) is 14.6. The first kappa shape index (κ1) is 16.1. The highest BCUT2D eigenvalue weighted by molar-refractivity contribution is 5.95. The molecule has 0 radical (unpaired) electrons. The Morgan fingerprint density at radius 3 is 2.58 bits per heavy atom. The van der Waals surface area contributed by atoms with Gasteiger partial charge in [0.25, 0.3) is 5.91 Å². The van der Waals surface area contributed by atoms with Crippen LogP contribution in [-0.2, 0) is 0 Å². The lowest BCUT2D eigenvalue weighted by atomic mass is 10.2. The van der Waals surface area contributed by atoms with Crippen LogP contribution in [0, 0.1) is 13.8 Å². The molecule has 1 amide bonds. The number of aromatic nitrogens is 4. The van der Waals surface area contributed by atoms with Crippen LogP contribution < -0.4 is 9.64 Å². The van der Waals surface area contributed by atoms with Crippen molar-refractivity contribution in [1.29, 1.82) is 0 Å². The van der Waals surface area contributed by atoms with Gasteiger partial charge >= 0.3 is 0 Å². The number of amides is 1. The zero-order valence-corrected chi connectivity index (χ0v) is 14.1. The molecule has 8 heteroatoms. The molecule has 1 saturated heterocycles. The molecule has 0 bridgehead atoms. The summed E-state index contributed by atoms with van der Waals surface area (Å²) in [6.45, 7) is 6.28. The van der Waals surface area contributed by atoms with E-state index in [1.807, 2.05) is 18.7 Å². The number of hydrogen-bond donors (Lipinski definition) is 0. The van der Waals surface area contributed by atoms with E-state index in [1.54, 1.807) is 19.4 Å². The number of hydrogen-bond acceptors (Lipinski definition) is 7. The van der Waals surface area contributed by atoms with E-state index in [1.165, 1.54) is 6.33 Å². The Hall–Kier alpha value is -2.77. The van der Waals surface area contributed by atoms with Gasteiger partial charge in [-0.2, -0.15) is 4.98 Å². The molecule has 0 atom stereocenters. The van der Waals surface area contributed by atoms with Crippen LogP contribution in [0.4, 0.5) is 5.95 Å². The van der Waals surface area contributed by atoms with Crippen molar-refractivity contribution < 1.29 is 9.53 Å². The first-order valence-electron chi connectivity index (χ1n) is 7.79. The van der Waals surface area contributed by atoms with Crippen molar-refractivity contribution in [3.05, 3.63) is 35.5 Å². The summed E-state index contributed by atoms with van der Waals surface area (Å²) < 4.78 is 5.20. The van der Waals surface area contributed by atoms with Crippen LogP contribution in [0.2, 0.25) is 0 Å². The molecule has 3 rings (SSSR count). The van der Waals surface area contributed by atoms with Gasteiger partial charge in [0.1, 0.15) is 6.33 Å². The number of ether oxygens (including phenoxy) is 1. The molecule has 24 heavy (non-hydrogen) atoms. The van der Waals surface area contributed by atoms with Gasteiger partial charge in [0, 0.05) is 44.1 Å². The molecule has 2 aromatic heterocycles. The second-order valence-corrected chi connectivity index (χ2v) is 5.65. The van der Waals surface area contributed by atoms with Crippen LogP contribution >= 0.6 is 0 Å². The highest BCUT2D eigenvalue weighted by Crippen LogP contribution is 2.18. The van der Waals surface area contributed by atoms with E-state index in [0.29, 0.717) is 49.3 Å². The Labute approximate surface area is 140 Å². The smallest absolute Gasteiger partial charge is 0.257 e. The van der Waals surface area contributed by atoms with Gasteiger partial charge in [0.15, 0.2) is 0 Å². The lowest BCUT2D eigenvalue weighted by Crippen LogP contribution is -2.49. The van der Waals surface area contributed by atoms with Gasteiger partial charge in [-0.05, 0) is 13.8 Å². The summed E-state index contributed by atoms with van der Waals surface area (Å²) in [5.41, 5.74) is 2.11. The fraction of sp³-hybridized carbons (Fsp3) is 0.438. The minimum atomic E-state index is -0.0320. The van der Waals surface area contributed by atoms with Crippen LogP contribution in [0.25, 0.3) is 0 Å². The summed E-state index contributed by atoms with van der Waals surface area (Å²) >= 11 is 0. The molecule has 0 spiro atoms. The van der Waals surface area contributed by atoms with E-state index in [9.17, 15) is 4.79 Å². The Bertz CT molecular complexity index is 743. The predicted octanol–water partition coefficient (Wildman–Crippen LogP) is 0.854. The first-order chi connectivity index (χ1) is 11.6. The van der Waals surface area contributed by atoms with Crippen molar-refractivity contribution in [3.8, 4) is 5.88 Å². The summed E-state index contributed by atoms with van der Waals surface area (Å²) in [5.74, 6) is 1.15. The Morgan fingerprint density at radius 2 is 1.92 bits per heavy atom. The number of nitrogens with zero attached hydrogens (tertiary/aromatic N) is 6. The molecule has 8 nitrogen and oxygen atoms in total. The average Bonchev–Trinajstić information content (AvgIpc) is 2.61. The van der Waals surface area contributed by atoms with E-state index >= 15 is 0 Å². The molecule has 0 N–H and O–H groups in total. The average molecular weight is 328 g/mol. The topological polar surface area (TPSA) is 84.3 Å². The molecule has 2 aromatic rings. The highest BCUT2D eigenvalue weighted by Gasteiger charge is 2.25. The van der Waals surface area contributed by atoms with Gasteiger partial charge in [-0.25, -0.2) is 15.0 Å². The molecule has 0 unspecified atom stereocenters. The molecule has 3 heterocycles. The zero-order chi connectivity index (χ0) is 17.1. The van der Waals surface area contributed by atoms with E-state index in [4.69, 9.17) is 4.74 Å². The van der Waals surface area contributed by atoms with E-state index in [-0.39, 0.29) is 5.91 Å². The quantitative estimate of drug-likeness (QED) is 0.826. The van der Waals surface area contributed by atoms with Gasteiger partial charge in [0.2, 0.25) is 11.8 Å². The molecular weight excluding hydrogens is 308 g/mol. The minimum Gasteiger partial charge on any atom is -0.481 e. The Kier molecular flexibility index (Phi) is 4.54. The van der Waals surface area contributed by atoms with E-state index in [2.05, 4.69) is 24.8 Å². The SMILES string of the molecule is COc1cc(C)nc(N2CCN(C(=O)c3cncnc3C)CC2)n1. The van der Waals surface area contributed by atoms with Crippen molar-refractivity contribution in [2.45, 2.75) is 13.8 Å². The standard InChI is InChI=1S/C16H20N6O2/c1-11-8-14(24-3)20-16(19-11)22-6-4-21(5-7-22)15(23)13-9-17-10-18-12(13)2/h8-10H,4-7H2,1-3H3. The second kappa shape index (κ2) is 6.77. The largest absolute Gasteiger partial charge is 0.481 e. The van der Waals surface area contributed by atoms with Crippen LogP contribution in [-0.4, -0.2) is 64.0 Å². The molecule has 1 aliphatic heterocycles. The van der Waals surface area contributed by atoms with Gasteiger partial charge < -0.3 is 14.5 Å². The summed E-state index contributed by atoms with van der Waals surface area (Å²) in [6, 6.07) is 1.79. The number of carbonyl (C=O) groups excluding carboxylic acids is 1. The summed E-state index contributed by atoms with van der Waals surface area (Å²) in [5, 5.41) is 0. The first-order valence-corrected chi connectivity index (χ1v) is 7.79. The summed E-state index contributed by atoms with van der Waals surface area (Å²) in [7, 11) is 1.59. The molecule has 0 aromatic carbocycles. The number of rotatable bonds is 3. The number of anilines is 1. The maximum Gasteiger partial charge on any atom is 0.257 e. The molecular formula is C16H20N6O2. The number of aryl methyl sites for hydroxylation is 2. The monoisotopic (exact) mass is 328 g/mol. The van der Waals surface area contributed by atoms with Gasteiger partial charge in [0.05, 0.1) is 18.4 Å². The third-order valence-electron chi connectivity index (χ3n) is 4.02. The van der Waals surface area contributed by atoms with Crippen LogP contribution in [0.15, 0.2) is 18.6 Å². The van der Waals surface area contributed by atoms with Crippen LogP contribution in [0.3, 0.4) is 0 Å². The predicted molar refractivity (Wildman–Crippen MR) is 88.2 cm³/mol. The van der Waals surface area contributed by atoms with Gasteiger partial charge in [-0.1, -0.05) is 0 Å². The number of methoxy groups -OCH3 is 1.